The molecule has 2 aromatic heterocycles. The van der Waals surface area contributed by atoms with Crippen LogP contribution in [0.5, 0.6) is 5.75 Å². The second-order valence-electron chi connectivity index (χ2n) is 8.39. The first-order chi connectivity index (χ1) is 14.5. The number of fused-ring (bicyclic) bond motifs is 2. The quantitative estimate of drug-likeness (QED) is 0.515. The number of piperidine rings is 1. The van der Waals surface area contributed by atoms with Crippen molar-refractivity contribution in [2.24, 2.45) is 7.05 Å². The fourth-order valence-corrected chi connectivity index (χ4v) is 4.69. The number of phenolic OH excluding ortho intramolecular Hbond substituents is 1. The maximum absolute atomic E-state index is 13.0. The average Bonchev–Trinajstić information content (AvgIpc) is 3.08. The Bertz CT molecular complexity index is 1300. The van der Waals surface area contributed by atoms with Crippen LogP contribution >= 0.6 is 0 Å². The summed E-state index contributed by atoms with van der Waals surface area (Å²) in [4.78, 5) is 19.0. The largest absolute Gasteiger partial charge is 0.507 e. The average molecular weight is 404 g/mol. The van der Waals surface area contributed by atoms with Gasteiger partial charge in [0.2, 0.25) is 0 Å². The second-order valence-corrected chi connectivity index (χ2v) is 8.39. The first kappa shape index (κ1) is 18.9. The Morgan fingerprint density at radius 2 is 2.07 bits per heavy atom. The number of nitrogens with zero attached hydrogens (tertiary/aromatic N) is 2. The van der Waals surface area contributed by atoms with Crippen LogP contribution in [0, 0.1) is 0 Å². The van der Waals surface area contributed by atoms with Crippen molar-refractivity contribution < 1.29 is 14.4 Å². The van der Waals surface area contributed by atoms with Gasteiger partial charge >= 0.3 is 5.63 Å². The molecule has 6 heteroatoms. The maximum Gasteiger partial charge on any atom is 0.347 e. The van der Waals surface area contributed by atoms with E-state index in [9.17, 15) is 9.90 Å². The van der Waals surface area contributed by atoms with Gasteiger partial charge in [0.05, 0.1) is 29.2 Å². The Morgan fingerprint density at radius 3 is 2.87 bits per heavy atom. The van der Waals surface area contributed by atoms with Crippen LogP contribution in [0.15, 0.2) is 51.7 Å². The Hall–Kier alpha value is -3.12. The molecule has 30 heavy (non-hydrogen) atoms. The summed E-state index contributed by atoms with van der Waals surface area (Å²) in [5.41, 5.74) is 2.98. The number of imidazole rings is 1. The molecule has 1 aliphatic heterocycles. The third-order valence-corrected chi connectivity index (χ3v) is 6.49. The number of aromatic hydroxyl groups is 1. The molecule has 0 saturated carbocycles. The molecular weight excluding hydrogens is 378 g/mol. The highest BCUT2D eigenvalue weighted by molar-refractivity contribution is 5.86. The van der Waals surface area contributed by atoms with Gasteiger partial charge in [0.15, 0.2) is 5.58 Å². The van der Waals surface area contributed by atoms with Crippen molar-refractivity contribution in [2.45, 2.75) is 38.8 Å². The van der Waals surface area contributed by atoms with Crippen LogP contribution in [-0.2, 0) is 13.6 Å². The van der Waals surface area contributed by atoms with E-state index in [0.29, 0.717) is 35.1 Å². The minimum atomic E-state index is -0.436. The van der Waals surface area contributed by atoms with Crippen molar-refractivity contribution in [3.8, 4) is 17.1 Å². The fourth-order valence-electron chi connectivity index (χ4n) is 4.69. The number of hydrogen-bond acceptors (Lipinski definition) is 4. The number of nitrogens with one attached hydrogen (secondary N) is 1. The lowest BCUT2D eigenvalue weighted by atomic mass is 10.0. The van der Waals surface area contributed by atoms with Crippen molar-refractivity contribution in [1.29, 1.82) is 0 Å². The molecule has 2 N–H and O–H groups in total. The highest BCUT2D eigenvalue weighted by Crippen LogP contribution is 2.29. The summed E-state index contributed by atoms with van der Waals surface area (Å²) in [7, 11) is 1.90. The highest BCUT2D eigenvalue weighted by atomic mass is 16.4. The van der Waals surface area contributed by atoms with Crippen molar-refractivity contribution >= 4 is 22.0 Å². The van der Waals surface area contributed by atoms with Crippen molar-refractivity contribution in [2.75, 3.05) is 6.54 Å². The predicted molar refractivity (Wildman–Crippen MR) is 117 cm³/mol. The van der Waals surface area contributed by atoms with E-state index in [1.807, 2.05) is 41.9 Å². The van der Waals surface area contributed by atoms with Crippen LogP contribution in [0.3, 0.4) is 0 Å². The molecule has 2 atom stereocenters. The maximum atomic E-state index is 13.0. The number of hydrogen-bond donors (Lipinski definition) is 2. The lowest BCUT2D eigenvalue weighted by Crippen LogP contribution is -3.14. The molecule has 154 valence electrons. The summed E-state index contributed by atoms with van der Waals surface area (Å²) in [6.45, 7) is 3.97. The normalized spacial score (nSPS) is 19.5. The van der Waals surface area contributed by atoms with E-state index in [0.717, 1.165) is 23.0 Å². The summed E-state index contributed by atoms with van der Waals surface area (Å²) in [5.74, 6) is 0.767. The van der Waals surface area contributed by atoms with Gasteiger partial charge in [-0.15, -0.1) is 0 Å². The number of aromatic nitrogens is 2. The number of para-hydroxylation sites is 2. The van der Waals surface area contributed by atoms with E-state index in [2.05, 4.69) is 11.9 Å². The minimum absolute atomic E-state index is 0.186. The van der Waals surface area contributed by atoms with Crippen LogP contribution < -0.4 is 10.5 Å². The van der Waals surface area contributed by atoms with Crippen molar-refractivity contribution in [1.82, 2.24) is 9.55 Å². The molecule has 1 fully saturated rings. The van der Waals surface area contributed by atoms with E-state index in [-0.39, 0.29) is 5.75 Å². The molecule has 0 amide bonds. The number of quaternary nitrogens is 1. The molecule has 1 unspecified atom stereocenters. The summed E-state index contributed by atoms with van der Waals surface area (Å²) in [5, 5.41) is 11.3. The highest BCUT2D eigenvalue weighted by Gasteiger charge is 2.25. The van der Waals surface area contributed by atoms with Crippen LogP contribution in [0.2, 0.25) is 0 Å². The summed E-state index contributed by atoms with van der Waals surface area (Å²) in [6.07, 6.45) is 3.62. The molecular formula is C24H26N3O3+. The molecule has 2 aromatic carbocycles. The zero-order chi connectivity index (χ0) is 20.8. The lowest BCUT2D eigenvalue weighted by Gasteiger charge is -2.30. The van der Waals surface area contributed by atoms with Crippen LogP contribution in [0.4, 0.5) is 0 Å². The molecule has 0 aliphatic carbocycles. The van der Waals surface area contributed by atoms with Gasteiger partial charge in [-0.3, -0.25) is 0 Å². The molecule has 1 aliphatic rings. The van der Waals surface area contributed by atoms with Crippen LogP contribution in [-0.4, -0.2) is 27.2 Å². The van der Waals surface area contributed by atoms with Gasteiger partial charge in [0, 0.05) is 12.4 Å². The zero-order valence-electron chi connectivity index (χ0n) is 17.3. The van der Waals surface area contributed by atoms with Gasteiger partial charge in [0.25, 0.3) is 0 Å². The smallest absolute Gasteiger partial charge is 0.347 e. The topological polar surface area (TPSA) is 72.7 Å². The van der Waals surface area contributed by atoms with Gasteiger partial charge in [-0.25, -0.2) is 9.78 Å². The molecule has 0 radical (unpaired) electrons. The number of likely N-dealkylation sites (tertiary alicyclic amines) is 1. The first-order valence-corrected chi connectivity index (χ1v) is 10.6. The van der Waals surface area contributed by atoms with Crippen LogP contribution in [0.25, 0.3) is 33.4 Å². The van der Waals surface area contributed by atoms with Gasteiger partial charge in [-0.05, 0) is 56.5 Å². The Morgan fingerprint density at radius 1 is 1.23 bits per heavy atom. The van der Waals surface area contributed by atoms with Crippen molar-refractivity contribution in [3.05, 3.63) is 58.4 Å². The van der Waals surface area contributed by atoms with E-state index in [1.165, 1.54) is 24.2 Å². The van der Waals surface area contributed by atoms with Crippen molar-refractivity contribution in [3.63, 3.8) is 0 Å². The second kappa shape index (κ2) is 7.29. The SMILES string of the molecule is C[C@@H]1CCCC[NH+]1Cc1c(O)ccc2cc(-c3nc4ccccc4n3C)c(=O)oc12. The molecule has 6 nitrogen and oxygen atoms in total. The summed E-state index contributed by atoms with van der Waals surface area (Å²) >= 11 is 0. The number of aryl methyl sites for hydroxylation is 1. The number of phenols is 1. The molecule has 3 heterocycles. The van der Waals surface area contributed by atoms with Gasteiger partial charge in [-0.1, -0.05) is 12.1 Å². The van der Waals surface area contributed by atoms with E-state index >= 15 is 0 Å². The lowest BCUT2D eigenvalue weighted by molar-refractivity contribution is -0.941. The van der Waals surface area contributed by atoms with Gasteiger partial charge in [0.1, 0.15) is 23.7 Å². The zero-order valence-corrected chi connectivity index (χ0v) is 17.3. The Balaban J connectivity index is 1.63. The Labute approximate surface area is 174 Å². The van der Waals surface area contributed by atoms with Gasteiger partial charge < -0.3 is 19.0 Å². The van der Waals surface area contributed by atoms with E-state index in [4.69, 9.17) is 4.42 Å². The molecule has 1 saturated heterocycles. The molecule has 0 bridgehead atoms. The van der Waals surface area contributed by atoms with E-state index < -0.39 is 5.63 Å². The predicted octanol–water partition coefficient (Wildman–Crippen LogP) is 3.01. The summed E-state index contributed by atoms with van der Waals surface area (Å²) < 4.78 is 7.72. The summed E-state index contributed by atoms with van der Waals surface area (Å²) in [6, 6.07) is 13.7. The number of rotatable bonds is 3. The first-order valence-electron chi connectivity index (χ1n) is 10.6. The monoisotopic (exact) mass is 404 g/mol. The molecule has 4 aromatic rings. The third kappa shape index (κ3) is 3.08. The van der Waals surface area contributed by atoms with Crippen LogP contribution in [0.1, 0.15) is 31.7 Å². The van der Waals surface area contributed by atoms with Gasteiger partial charge in [-0.2, -0.15) is 0 Å². The number of benzene rings is 2. The molecule has 0 spiro atoms. The van der Waals surface area contributed by atoms with E-state index in [1.54, 1.807) is 12.1 Å². The Kier molecular flexibility index (Phi) is 4.59. The standard InChI is InChI=1S/C24H25N3O3/c1-15-7-5-6-12-27(15)14-18-21(28)11-10-16-13-17(24(29)30-22(16)18)23-25-19-8-3-4-9-20(19)26(23)2/h3-4,8-11,13,15,28H,5-7,12,14H2,1-2H3/p+1/t15-/m1/s1. The molecule has 5 rings (SSSR count). The third-order valence-electron chi connectivity index (χ3n) is 6.49. The fraction of sp³-hybridized carbons (Fsp3) is 0.333. The minimum Gasteiger partial charge on any atom is -0.507 e.